The summed E-state index contributed by atoms with van der Waals surface area (Å²) in [5.41, 5.74) is 2.10. The van der Waals surface area contributed by atoms with Crippen molar-refractivity contribution in [1.29, 1.82) is 5.26 Å². The second-order valence-corrected chi connectivity index (χ2v) is 3.56. The molecule has 1 aromatic heterocycles. The maximum Gasteiger partial charge on any atom is 0.124 e. The third kappa shape index (κ3) is 2.33. The molecule has 1 N–H and O–H groups in total. The zero-order valence-electron chi connectivity index (χ0n) is 8.27. The fraction of sp³-hybridized carbons (Fsp3) is 0.0909. The molecular weight excluding hydrogens is 226 g/mol. The molecule has 0 saturated heterocycles. The molecule has 0 unspecified atom stereocenters. The van der Waals surface area contributed by atoms with E-state index in [-0.39, 0.29) is 0 Å². The molecule has 1 heterocycles. The van der Waals surface area contributed by atoms with Crippen molar-refractivity contribution in [3.8, 4) is 6.07 Å². The normalized spacial score (nSPS) is 9.75. The molecule has 0 bridgehead atoms. The molecule has 0 saturated carbocycles. The summed E-state index contributed by atoms with van der Waals surface area (Å²) in [7, 11) is 0. The summed E-state index contributed by atoms with van der Waals surface area (Å²) in [5, 5.41) is 16.1. The van der Waals surface area contributed by atoms with Gasteiger partial charge in [0.1, 0.15) is 12.0 Å². The molecular formula is C11H8ClN3O. The molecule has 4 nitrogen and oxygen atoms in total. The predicted molar refractivity (Wildman–Crippen MR) is 60.0 cm³/mol. The summed E-state index contributed by atoms with van der Waals surface area (Å²) >= 11 is 5.99. The van der Waals surface area contributed by atoms with Gasteiger partial charge in [0.25, 0.3) is 0 Å². The van der Waals surface area contributed by atoms with Crippen LogP contribution in [0.2, 0.25) is 5.02 Å². The summed E-state index contributed by atoms with van der Waals surface area (Å²) < 4.78 is 4.70. The molecule has 1 aromatic carbocycles. The number of rotatable bonds is 3. The standard InChI is InChI=1S/C11H8ClN3O/c12-10-5-8(6-13)1-2-11(10)14-7-9-3-4-16-15-9/h1-5,14H,7H2. The maximum atomic E-state index is 8.68. The van der Waals surface area contributed by atoms with Gasteiger partial charge in [-0.1, -0.05) is 16.8 Å². The Bertz CT molecular complexity index is 517. The highest BCUT2D eigenvalue weighted by Crippen LogP contribution is 2.23. The number of halogens is 1. The van der Waals surface area contributed by atoms with Crippen LogP contribution in [0.4, 0.5) is 5.69 Å². The Kier molecular flexibility index (Phi) is 3.08. The number of nitriles is 1. The van der Waals surface area contributed by atoms with Gasteiger partial charge < -0.3 is 9.84 Å². The number of hydrogen-bond acceptors (Lipinski definition) is 4. The molecule has 0 amide bonds. The van der Waals surface area contributed by atoms with Gasteiger partial charge in [-0.3, -0.25) is 0 Å². The van der Waals surface area contributed by atoms with Gasteiger partial charge in [0, 0.05) is 6.07 Å². The number of benzene rings is 1. The van der Waals surface area contributed by atoms with Gasteiger partial charge in [0.15, 0.2) is 0 Å². The first-order valence-electron chi connectivity index (χ1n) is 4.62. The summed E-state index contributed by atoms with van der Waals surface area (Å²) in [5.74, 6) is 0. The molecule has 0 radical (unpaired) electrons. The lowest BCUT2D eigenvalue weighted by Crippen LogP contribution is -2.00. The highest BCUT2D eigenvalue weighted by atomic mass is 35.5. The smallest absolute Gasteiger partial charge is 0.124 e. The minimum Gasteiger partial charge on any atom is -0.378 e. The first kappa shape index (κ1) is 10.5. The van der Waals surface area contributed by atoms with Crippen LogP contribution in [0.25, 0.3) is 0 Å². The molecule has 0 aliphatic carbocycles. The van der Waals surface area contributed by atoms with Crippen molar-refractivity contribution in [3.63, 3.8) is 0 Å². The summed E-state index contributed by atoms with van der Waals surface area (Å²) in [6.45, 7) is 0.530. The van der Waals surface area contributed by atoms with E-state index in [0.717, 1.165) is 11.4 Å². The molecule has 16 heavy (non-hydrogen) atoms. The summed E-state index contributed by atoms with van der Waals surface area (Å²) in [6, 6.07) is 8.88. The van der Waals surface area contributed by atoms with E-state index in [9.17, 15) is 0 Å². The predicted octanol–water partition coefficient (Wildman–Crippen LogP) is 2.81. The van der Waals surface area contributed by atoms with Crippen molar-refractivity contribution in [3.05, 3.63) is 46.8 Å². The van der Waals surface area contributed by atoms with Crippen LogP contribution in [-0.2, 0) is 6.54 Å². The first-order chi connectivity index (χ1) is 7.79. The van der Waals surface area contributed by atoms with Crippen LogP contribution in [0, 0.1) is 11.3 Å². The van der Waals surface area contributed by atoms with Crippen molar-refractivity contribution in [2.24, 2.45) is 0 Å². The zero-order chi connectivity index (χ0) is 11.4. The van der Waals surface area contributed by atoms with Crippen LogP contribution in [0.5, 0.6) is 0 Å². The number of aromatic nitrogens is 1. The van der Waals surface area contributed by atoms with Crippen LogP contribution in [0.1, 0.15) is 11.3 Å². The molecule has 0 spiro atoms. The SMILES string of the molecule is N#Cc1ccc(NCc2ccon2)c(Cl)c1. The van der Waals surface area contributed by atoms with Gasteiger partial charge in [-0.25, -0.2) is 0 Å². The minimum atomic E-state index is 0.516. The second kappa shape index (κ2) is 4.69. The minimum absolute atomic E-state index is 0.516. The van der Waals surface area contributed by atoms with E-state index in [0.29, 0.717) is 17.1 Å². The fourth-order valence-corrected chi connectivity index (χ4v) is 1.49. The average Bonchev–Trinajstić information content (AvgIpc) is 2.80. The Morgan fingerprint density at radius 1 is 1.44 bits per heavy atom. The Morgan fingerprint density at radius 3 is 2.94 bits per heavy atom. The van der Waals surface area contributed by atoms with Crippen molar-refractivity contribution in [2.45, 2.75) is 6.54 Å². The number of hydrogen-bond donors (Lipinski definition) is 1. The molecule has 0 aliphatic rings. The summed E-state index contributed by atoms with van der Waals surface area (Å²) in [6.07, 6.45) is 1.51. The topological polar surface area (TPSA) is 61.9 Å². The lowest BCUT2D eigenvalue weighted by molar-refractivity contribution is 0.412. The van der Waals surface area contributed by atoms with Crippen LogP contribution < -0.4 is 5.32 Å². The maximum absolute atomic E-state index is 8.68. The van der Waals surface area contributed by atoms with Gasteiger partial charge in [0.2, 0.25) is 0 Å². The highest BCUT2D eigenvalue weighted by molar-refractivity contribution is 6.33. The van der Waals surface area contributed by atoms with Crippen LogP contribution in [0.3, 0.4) is 0 Å². The van der Waals surface area contributed by atoms with E-state index in [4.69, 9.17) is 21.4 Å². The molecule has 0 atom stereocenters. The van der Waals surface area contributed by atoms with Crippen molar-refractivity contribution < 1.29 is 4.52 Å². The van der Waals surface area contributed by atoms with Gasteiger partial charge in [0.05, 0.1) is 28.9 Å². The first-order valence-corrected chi connectivity index (χ1v) is 5.00. The Labute approximate surface area is 97.4 Å². The van der Waals surface area contributed by atoms with Gasteiger partial charge in [-0.2, -0.15) is 5.26 Å². The third-order valence-corrected chi connectivity index (χ3v) is 2.36. The quantitative estimate of drug-likeness (QED) is 0.886. The zero-order valence-corrected chi connectivity index (χ0v) is 9.03. The molecule has 0 aliphatic heterocycles. The van der Waals surface area contributed by atoms with E-state index in [1.165, 1.54) is 6.26 Å². The second-order valence-electron chi connectivity index (χ2n) is 3.15. The number of anilines is 1. The van der Waals surface area contributed by atoms with Crippen molar-refractivity contribution in [2.75, 3.05) is 5.32 Å². The Hall–Kier alpha value is -1.99. The Morgan fingerprint density at radius 2 is 2.31 bits per heavy atom. The number of nitrogens with zero attached hydrogens (tertiary/aromatic N) is 2. The molecule has 0 fully saturated rings. The third-order valence-electron chi connectivity index (χ3n) is 2.05. The van der Waals surface area contributed by atoms with E-state index < -0.39 is 0 Å². The van der Waals surface area contributed by atoms with Crippen molar-refractivity contribution >= 4 is 17.3 Å². The molecule has 5 heteroatoms. The lowest BCUT2D eigenvalue weighted by atomic mass is 10.2. The lowest BCUT2D eigenvalue weighted by Gasteiger charge is -2.06. The van der Waals surface area contributed by atoms with Crippen LogP contribution in [-0.4, -0.2) is 5.16 Å². The molecule has 2 rings (SSSR count). The van der Waals surface area contributed by atoms with E-state index >= 15 is 0 Å². The van der Waals surface area contributed by atoms with E-state index in [1.54, 1.807) is 24.3 Å². The van der Waals surface area contributed by atoms with Crippen LogP contribution >= 0.6 is 11.6 Å². The largest absolute Gasteiger partial charge is 0.378 e. The fourth-order valence-electron chi connectivity index (χ4n) is 1.24. The van der Waals surface area contributed by atoms with Crippen LogP contribution in [0.15, 0.2) is 35.1 Å². The Balaban J connectivity index is 2.08. The number of nitrogens with one attached hydrogen (secondary N) is 1. The van der Waals surface area contributed by atoms with E-state index in [2.05, 4.69) is 10.5 Å². The van der Waals surface area contributed by atoms with Gasteiger partial charge in [-0.15, -0.1) is 0 Å². The average molecular weight is 234 g/mol. The molecule has 80 valence electrons. The van der Waals surface area contributed by atoms with Gasteiger partial charge in [-0.05, 0) is 18.2 Å². The summed E-state index contributed by atoms with van der Waals surface area (Å²) in [4.78, 5) is 0. The molecule has 2 aromatic rings. The van der Waals surface area contributed by atoms with Crippen molar-refractivity contribution in [1.82, 2.24) is 5.16 Å². The monoisotopic (exact) mass is 233 g/mol. The van der Waals surface area contributed by atoms with Gasteiger partial charge >= 0.3 is 0 Å². The highest BCUT2D eigenvalue weighted by Gasteiger charge is 2.02. The van der Waals surface area contributed by atoms with E-state index in [1.807, 2.05) is 6.07 Å².